The summed E-state index contributed by atoms with van der Waals surface area (Å²) in [6.07, 6.45) is 0. The van der Waals surface area contributed by atoms with Crippen LogP contribution in [0.5, 0.6) is 11.5 Å². The van der Waals surface area contributed by atoms with Gasteiger partial charge in [0, 0.05) is 41.9 Å². The molecule has 0 fully saturated rings. The van der Waals surface area contributed by atoms with E-state index < -0.39 is 11.8 Å². The van der Waals surface area contributed by atoms with Crippen LogP contribution in [0.2, 0.25) is 5.02 Å². The fourth-order valence-corrected chi connectivity index (χ4v) is 4.38. The van der Waals surface area contributed by atoms with Crippen LogP contribution in [0.25, 0.3) is 0 Å². The predicted octanol–water partition coefficient (Wildman–Crippen LogP) is 6.67. The van der Waals surface area contributed by atoms with E-state index in [4.69, 9.17) is 16.3 Å². The van der Waals surface area contributed by atoms with Crippen LogP contribution in [0.1, 0.15) is 42.3 Å². The first-order valence-electron chi connectivity index (χ1n) is 12.2. The Hall–Kier alpha value is -3.36. The molecule has 1 N–H and O–H groups in total. The van der Waals surface area contributed by atoms with Gasteiger partial charge < -0.3 is 19.9 Å². The molecule has 0 atom stereocenters. The first-order chi connectivity index (χ1) is 18.0. The number of halogens is 2. The zero-order chi connectivity index (χ0) is 28.0. The van der Waals surface area contributed by atoms with Crippen molar-refractivity contribution >= 4 is 50.9 Å². The lowest BCUT2D eigenvalue weighted by molar-refractivity contribution is -0.142. The molecule has 0 spiro atoms. The number of carbonyl (C=O) groups is 3. The third-order valence-corrected chi connectivity index (χ3v) is 6.73. The lowest BCUT2D eigenvalue weighted by Gasteiger charge is -2.25. The average molecular weight is 601 g/mol. The lowest BCUT2D eigenvalue weighted by Crippen LogP contribution is -2.37. The van der Waals surface area contributed by atoms with Gasteiger partial charge in [-0.05, 0) is 70.2 Å². The van der Waals surface area contributed by atoms with Gasteiger partial charge in [0.2, 0.25) is 0 Å². The second-order valence-electron chi connectivity index (χ2n) is 9.16. The number of aryl methyl sites for hydroxylation is 1. The summed E-state index contributed by atoms with van der Waals surface area (Å²) < 4.78 is 6.88. The number of nitrogens with one attached hydrogen (secondary N) is 1. The quantitative estimate of drug-likeness (QED) is 0.293. The fourth-order valence-electron chi connectivity index (χ4n) is 3.84. The van der Waals surface area contributed by atoms with Crippen LogP contribution in [0.4, 0.5) is 5.69 Å². The van der Waals surface area contributed by atoms with Crippen LogP contribution in [0.15, 0.2) is 65.1 Å². The van der Waals surface area contributed by atoms with Crippen molar-refractivity contribution in [3.05, 3.63) is 86.8 Å². The van der Waals surface area contributed by atoms with Gasteiger partial charge in [0.25, 0.3) is 5.91 Å². The number of ether oxygens (including phenoxy) is 1. The summed E-state index contributed by atoms with van der Waals surface area (Å²) >= 11 is 9.74. The van der Waals surface area contributed by atoms with Gasteiger partial charge in [-0.1, -0.05) is 51.3 Å². The van der Waals surface area contributed by atoms with Crippen molar-refractivity contribution in [1.82, 2.24) is 9.80 Å². The largest absolute Gasteiger partial charge is 0.457 e. The number of likely N-dealkylation sites (N-methyl/N-ethyl adjacent to an activating group) is 1. The zero-order valence-electron chi connectivity index (χ0n) is 22.0. The van der Waals surface area contributed by atoms with Crippen LogP contribution in [-0.4, -0.2) is 47.2 Å². The van der Waals surface area contributed by atoms with Gasteiger partial charge in [0.05, 0.1) is 10.6 Å². The third-order valence-electron chi connectivity index (χ3n) is 5.91. The molecular weight excluding hydrogens is 570 g/mol. The molecule has 9 heteroatoms. The molecular formula is C29H31BrClN3O4. The van der Waals surface area contributed by atoms with Gasteiger partial charge in [0.15, 0.2) is 0 Å². The Balaban J connectivity index is 1.73. The van der Waals surface area contributed by atoms with Crippen molar-refractivity contribution in [2.75, 3.05) is 18.9 Å². The van der Waals surface area contributed by atoms with E-state index in [-0.39, 0.29) is 29.1 Å². The van der Waals surface area contributed by atoms with Crippen molar-refractivity contribution in [2.45, 2.75) is 40.3 Å². The molecule has 0 aliphatic heterocycles. The Kier molecular flexibility index (Phi) is 9.94. The molecule has 0 aliphatic carbocycles. The SMILES string of the molecule is CCN(C(=O)c1cc(NC(=O)C(=O)N(C)Cc2ccc(Br)cc2Oc2ccc(C)cc2)ccc1Cl)C(C)C. The summed E-state index contributed by atoms with van der Waals surface area (Å²) in [7, 11) is 1.54. The molecule has 0 unspecified atom stereocenters. The molecule has 0 bridgehead atoms. The lowest BCUT2D eigenvalue weighted by atomic mass is 10.1. The number of hydrogen-bond donors (Lipinski definition) is 1. The topological polar surface area (TPSA) is 79.0 Å². The van der Waals surface area contributed by atoms with Crippen molar-refractivity contribution in [3.63, 3.8) is 0 Å². The second kappa shape index (κ2) is 12.9. The molecule has 0 heterocycles. The normalized spacial score (nSPS) is 10.7. The molecule has 0 aromatic heterocycles. The van der Waals surface area contributed by atoms with Crippen LogP contribution >= 0.6 is 27.5 Å². The summed E-state index contributed by atoms with van der Waals surface area (Å²) in [5.74, 6) is -0.594. The van der Waals surface area contributed by atoms with Gasteiger partial charge in [-0.25, -0.2) is 0 Å². The van der Waals surface area contributed by atoms with Crippen molar-refractivity contribution in [1.29, 1.82) is 0 Å². The van der Waals surface area contributed by atoms with Crippen molar-refractivity contribution < 1.29 is 19.1 Å². The average Bonchev–Trinajstić information content (AvgIpc) is 2.87. The van der Waals surface area contributed by atoms with Crippen LogP contribution in [0, 0.1) is 6.92 Å². The van der Waals surface area contributed by atoms with Crippen LogP contribution in [-0.2, 0) is 16.1 Å². The van der Waals surface area contributed by atoms with Crippen LogP contribution < -0.4 is 10.1 Å². The van der Waals surface area contributed by atoms with E-state index in [2.05, 4.69) is 21.2 Å². The highest BCUT2D eigenvalue weighted by atomic mass is 79.9. The molecule has 3 aromatic rings. The van der Waals surface area contributed by atoms with E-state index >= 15 is 0 Å². The summed E-state index contributed by atoms with van der Waals surface area (Å²) in [6.45, 7) is 8.36. The standard InChI is InChI=1S/C29H31BrClN3O4/c1-6-34(18(2)3)28(36)24-16-22(11-14-25(24)31)32-27(35)29(37)33(5)17-20-9-10-21(30)15-26(20)38-23-12-7-19(4)8-13-23/h7-16,18H,6,17H2,1-5H3,(H,32,35). The number of anilines is 1. The maximum atomic E-state index is 13.0. The molecule has 0 saturated heterocycles. The van der Waals surface area contributed by atoms with E-state index in [1.54, 1.807) is 11.0 Å². The predicted molar refractivity (Wildman–Crippen MR) is 154 cm³/mol. The van der Waals surface area contributed by atoms with Crippen molar-refractivity contribution in [3.8, 4) is 11.5 Å². The Morgan fingerprint density at radius 2 is 1.71 bits per heavy atom. The Morgan fingerprint density at radius 3 is 2.34 bits per heavy atom. The number of benzene rings is 3. The van der Waals surface area contributed by atoms with E-state index in [1.165, 1.54) is 24.1 Å². The van der Waals surface area contributed by atoms with E-state index in [1.807, 2.05) is 70.2 Å². The van der Waals surface area contributed by atoms with Gasteiger partial charge in [0.1, 0.15) is 11.5 Å². The first-order valence-corrected chi connectivity index (χ1v) is 13.4. The molecule has 0 aliphatic rings. The molecule has 200 valence electrons. The fraction of sp³-hybridized carbons (Fsp3) is 0.276. The van der Waals surface area contributed by atoms with E-state index in [0.29, 0.717) is 23.7 Å². The van der Waals surface area contributed by atoms with Crippen LogP contribution in [0.3, 0.4) is 0 Å². The maximum Gasteiger partial charge on any atom is 0.313 e. The minimum absolute atomic E-state index is 0.0180. The molecule has 3 rings (SSSR count). The highest BCUT2D eigenvalue weighted by Crippen LogP contribution is 2.30. The zero-order valence-corrected chi connectivity index (χ0v) is 24.4. The van der Waals surface area contributed by atoms with Gasteiger partial charge >= 0.3 is 11.8 Å². The second-order valence-corrected chi connectivity index (χ2v) is 10.5. The molecule has 3 aromatic carbocycles. The Morgan fingerprint density at radius 1 is 1.03 bits per heavy atom. The number of nitrogens with zero attached hydrogens (tertiary/aromatic N) is 2. The molecule has 38 heavy (non-hydrogen) atoms. The van der Waals surface area contributed by atoms with Crippen molar-refractivity contribution in [2.24, 2.45) is 0 Å². The van der Waals surface area contributed by atoms with Gasteiger partial charge in [-0.15, -0.1) is 0 Å². The monoisotopic (exact) mass is 599 g/mol. The van der Waals surface area contributed by atoms with E-state index in [9.17, 15) is 14.4 Å². The Bertz CT molecular complexity index is 1330. The number of carbonyl (C=O) groups excluding carboxylic acids is 3. The van der Waals surface area contributed by atoms with Gasteiger partial charge in [-0.2, -0.15) is 0 Å². The molecule has 0 radical (unpaired) electrons. The summed E-state index contributed by atoms with van der Waals surface area (Å²) in [5, 5.41) is 2.86. The number of hydrogen-bond acceptors (Lipinski definition) is 4. The summed E-state index contributed by atoms with van der Waals surface area (Å²) in [4.78, 5) is 41.7. The number of amides is 3. The first kappa shape index (κ1) is 29.2. The smallest absolute Gasteiger partial charge is 0.313 e. The molecule has 0 saturated carbocycles. The summed E-state index contributed by atoms with van der Waals surface area (Å²) in [6, 6.07) is 17.7. The highest BCUT2D eigenvalue weighted by molar-refractivity contribution is 9.10. The Labute approximate surface area is 236 Å². The maximum absolute atomic E-state index is 13.0. The molecule has 7 nitrogen and oxygen atoms in total. The highest BCUT2D eigenvalue weighted by Gasteiger charge is 2.23. The van der Waals surface area contributed by atoms with Gasteiger partial charge in [-0.3, -0.25) is 14.4 Å². The van der Waals surface area contributed by atoms with E-state index in [0.717, 1.165) is 15.6 Å². The minimum atomic E-state index is -0.831. The number of rotatable bonds is 8. The summed E-state index contributed by atoms with van der Waals surface area (Å²) in [5.41, 5.74) is 2.40. The third kappa shape index (κ3) is 7.36. The minimum Gasteiger partial charge on any atom is -0.457 e. The molecule has 3 amide bonds.